The summed E-state index contributed by atoms with van der Waals surface area (Å²) in [4.78, 5) is 6.47. The molecule has 0 bridgehead atoms. The van der Waals surface area contributed by atoms with Crippen LogP contribution >= 0.6 is 0 Å². The van der Waals surface area contributed by atoms with E-state index in [0.717, 1.165) is 51.5 Å². The Morgan fingerprint density at radius 1 is 1.50 bits per heavy atom. The summed E-state index contributed by atoms with van der Waals surface area (Å²) in [6, 6.07) is 0.233. The van der Waals surface area contributed by atoms with Crippen LogP contribution in [0.25, 0.3) is 0 Å². The van der Waals surface area contributed by atoms with Crippen molar-refractivity contribution in [1.82, 2.24) is 25.3 Å². The maximum Gasteiger partial charge on any atom is 0.191 e. The van der Waals surface area contributed by atoms with Crippen molar-refractivity contribution in [2.45, 2.75) is 31.4 Å². The lowest BCUT2D eigenvalue weighted by Gasteiger charge is -2.24. The fourth-order valence-corrected chi connectivity index (χ4v) is 3.00. The van der Waals surface area contributed by atoms with Crippen LogP contribution in [0.5, 0.6) is 0 Å². The molecule has 0 radical (unpaired) electrons. The van der Waals surface area contributed by atoms with Crippen LogP contribution in [-0.2, 0) is 16.5 Å². The molecule has 1 saturated heterocycles. The topological polar surface area (TPSA) is 75.9 Å². The van der Waals surface area contributed by atoms with E-state index in [-0.39, 0.29) is 6.04 Å². The van der Waals surface area contributed by atoms with E-state index < -0.39 is 0 Å². The Labute approximate surface area is 156 Å². The first-order chi connectivity index (χ1) is 12.6. The number of aliphatic imine (C=N–C) groups is 1. The fourth-order valence-electron chi connectivity index (χ4n) is 3.00. The third-order valence-electron chi connectivity index (χ3n) is 4.51. The highest BCUT2D eigenvalue weighted by Crippen LogP contribution is 2.16. The number of likely N-dealkylation sites (N-methyl/N-ethyl adjacent to an activating group) is 1. The van der Waals surface area contributed by atoms with E-state index in [2.05, 4.69) is 39.7 Å². The first-order valence-electron chi connectivity index (χ1n) is 9.39. The molecule has 0 saturated carbocycles. The highest BCUT2D eigenvalue weighted by molar-refractivity contribution is 5.79. The van der Waals surface area contributed by atoms with Crippen LogP contribution in [0.4, 0.5) is 0 Å². The molecule has 2 unspecified atom stereocenters. The van der Waals surface area contributed by atoms with E-state index in [1.54, 1.807) is 7.05 Å². The Hall–Kier alpha value is -1.64. The molecule has 1 aromatic heterocycles. The van der Waals surface area contributed by atoms with Gasteiger partial charge in [-0.15, -0.1) is 0 Å². The molecule has 1 aromatic rings. The van der Waals surface area contributed by atoms with E-state index in [4.69, 9.17) is 9.47 Å². The smallest absolute Gasteiger partial charge is 0.191 e. The molecule has 1 aliphatic heterocycles. The summed E-state index contributed by atoms with van der Waals surface area (Å²) in [5.74, 6) is 0.805. The van der Waals surface area contributed by atoms with Gasteiger partial charge in [0.25, 0.3) is 0 Å². The Morgan fingerprint density at radius 2 is 2.35 bits per heavy atom. The molecule has 0 amide bonds. The van der Waals surface area contributed by atoms with Gasteiger partial charge < -0.3 is 25.0 Å². The van der Waals surface area contributed by atoms with Gasteiger partial charge in [-0.3, -0.25) is 9.67 Å². The van der Waals surface area contributed by atoms with Crippen LogP contribution in [0.3, 0.4) is 0 Å². The summed E-state index contributed by atoms with van der Waals surface area (Å²) >= 11 is 0. The number of rotatable bonds is 10. The monoisotopic (exact) mass is 366 g/mol. The molecule has 0 spiro atoms. The van der Waals surface area contributed by atoms with Crippen molar-refractivity contribution in [2.75, 3.05) is 54.1 Å². The zero-order chi connectivity index (χ0) is 18.8. The molecule has 2 heterocycles. The molecule has 2 atom stereocenters. The van der Waals surface area contributed by atoms with Crippen LogP contribution < -0.4 is 10.6 Å². The van der Waals surface area contributed by atoms with Crippen LogP contribution in [0.15, 0.2) is 17.4 Å². The van der Waals surface area contributed by atoms with E-state index in [1.165, 1.54) is 5.56 Å². The molecule has 148 valence electrons. The minimum Gasteiger partial charge on any atom is -0.379 e. The highest BCUT2D eigenvalue weighted by atomic mass is 16.5. The van der Waals surface area contributed by atoms with Crippen LogP contribution in [0, 0.1) is 0 Å². The molecule has 0 aliphatic carbocycles. The normalized spacial score (nSPS) is 19.1. The number of aromatic nitrogens is 2. The summed E-state index contributed by atoms with van der Waals surface area (Å²) in [5, 5.41) is 11.0. The van der Waals surface area contributed by atoms with Gasteiger partial charge in [-0.2, -0.15) is 5.10 Å². The second-order valence-corrected chi connectivity index (χ2v) is 6.87. The van der Waals surface area contributed by atoms with E-state index in [9.17, 15) is 0 Å². The highest BCUT2D eigenvalue weighted by Gasteiger charge is 2.16. The minimum atomic E-state index is 0.233. The molecule has 1 aliphatic rings. The van der Waals surface area contributed by atoms with Crippen LogP contribution in [0.1, 0.15) is 30.9 Å². The number of hydrogen-bond acceptors (Lipinski definition) is 5. The van der Waals surface area contributed by atoms with Gasteiger partial charge in [0.2, 0.25) is 0 Å². The van der Waals surface area contributed by atoms with Crippen molar-refractivity contribution in [2.24, 2.45) is 12.0 Å². The fraction of sp³-hybridized carbons (Fsp3) is 0.778. The second kappa shape index (κ2) is 11.2. The lowest BCUT2D eigenvalue weighted by molar-refractivity contribution is 0.0168. The SMILES string of the molecule is CN=C(NCCCOCC1CCCO1)NCC(c1cnn(C)c1)N(C)C. The predicted octanol–water partition coefficient (Wildman–Crippen LogP) is 0.774. The first-order valence-corrected chi connectivity index (χ1v) is 9.39. The van der Waals surface area contributed by atoms with Gasteiger partial charge in [-0.25, -0.2) is 0 Å². The zero-order valence-corrected chi connectivity index (χ0v) is 16.6. The summed E-state index contributed by atoms with van der Waals surface area (Å²) in [6.07, 6.45) is 7.48. The number of nitrogens with one attached hydrogen (secondary N) is 2. The van der Waals surface area contributed by atoms with Gasteiger partial charge in [-0.1, -0.05) is 0 Å². The van der Waals surface area contributed by atoms with Crippen molar-refractivity contribution in [1.29, 1.82) is 0 Å². The number of guanidine groups is 1. The third kappa shape index (κ3) is 6.93. The molecule has 0 aromatic carbocycles. The Balaban J connectivity index is 1.63. The zero-order valence-electron chi connectivity index (χ0n) is 16.6. The lowest BCUT2D eigenvalue weighted by Crippen LogP contribution is -2.42. The third-order valence-corrected chi connectivity index (χ3v) is 4.51. The maximum absolute atomic E-state index is 5.68. The van der Waals surface area contributed by atoms with Crippen molar-refractivity contribution in [3.63, 3.8) is 0 Å². The van der Waals surface area contributed by atoms with Gasteiger partial charge in [0.1, 0.15) is 0 Å². The van der Waals surface area contributed by atoms with Gasteiger partial charge in [0.05, 0.1) is 24.9 Å². The van der Waals surface area contributed by atoms with Gasteiger partial charge in [0, 0.05) is 52.2 Å². The average Bonchev–Trinajstić information content (AvgIpc) is 3.28. The Kier molecular flexibility index (Phi) is 8.87. The van der Waals surface area contributed by atoms with Gasteiger partial charge >= 0.3 is 0 Å². The second-order valence-electron chi connectivity index (χ2n) is 6.87. The molecule has 8 heteroatoms. The number of nitrogens with zero attached hydrogens (tertiary/aromatic N) is 4. The van der Waals surface area contributed by atoms with Crippen molar-refractivity contribution >= 4 is 5.96 Å². The molecule has 2 N–H and O–H groups in total. The molecular formula is C18H34N6O2. The largest absolute Gasteiger partial charge is 0.379 e. The maximum atomic E-state index is 5.68. The van der Waals surface area contributed by atoms with Crippen molar-refractivity contribution < 1.29 is 9.47 Å². The van der Waals surface area contributed by atoms with E-state index >= 15 is 0 Å². The van der Waals surface area contributed by atoms with E-state index in [1.807, 2.05) is 24.1 Å². The quantitative estimate of drug-likeness (QED) is 0.362. The Bertz CT molecular complexity index is 540. The first kappa shape index (κ1) is 20.7. The molecule has 26 heavy (non-hydrogen) atoms. The van der Waals surface area contributed by atoms with Crippen molar-refractivity contribution in [3.8, 4) is 0 Å². The molecule has 1 fully saturated rings. The molecule has 8 nitrogen and oxygen atoms in total. The average molecular weight is 367 g/mol. The van der Waals surface area contributed by atoms with Crippen molar-refractivity contribution in [3.05, 3.63) is 18.0 Å². The summed E-state index contributed by atoms with van der Waals surface area (Å²) in [6.45, 7) is 3.91. The predicted molar refractivity (Wildman–Crippen MR) is 103 cm³/mol. The van der Waals surface area contributed by atoms with E-state index in [0.29, 0.717) is 12.7 Å². The van der Waals surface area contributed by atoms with Gasteiger partial charge in [-0.05, 0) is 33.4 Å². The standard InChI is InChI=1S/C18H34N6O2/c1-19-18(20-8-6-9-25-14-16-7-5-10-26-16)21-12-17(23(2)3)15-11-22-24(4)13-15/h11,13,16-17H,5-10,12,14H2,1-4H3,(H2,19,20,21). The lowest BCUT2D eigenvalue weighted by atomic mass is 10.1. The van der Waals surface area contributed by atoms with Crippen LogP contribution in [-0.4, -0.2) is 80.8 Å². The summed E-state index contributed by atoms with van der Waals surface area (Å²) < 4.78 is 13.1. The molecular weight excluding hydrogens is 332 g/mol. The number of hydrogen-bond donors (Lipinski definition) is 2. The number of ether oxygens (including phenoxy) is 2. The minimum absolute atomic E-state index is 0.233. The van der Waals surface area contributed by atoms with Gasteiger partial charge in [0.15, 0.2) is 5.96 Å². The van der Waals surface area contributed by atoms with Crippen LogP contribution in [0.2, 0.25) is 0 Å². The molecule has 2 rings (SSSR count). The summed E-state index contributed by atoms with van der Waals surface area (Å²) in [5.41, 5.74) is 1.18. The number of aryl methyl sites for hydroxylation is 1. The summed E-state index contributed by atoms with van der Waals surface area (Å²) in [7, 11) is 7.87. The Morgan fingerprint density at radius 3 is 2.96 bits per heavy atom.